The molecule has 1 unspecified atom stereocenters. The van der Waals surface area contributed by atoms with E-state index in [1.807, 2.05) is 0 Å². The Kier molecular flexibility index (Phi) is 2.72. The Morgan fingerprint density at radius 2 is 2.06 bits per heavy atom. The lowest BCUT2D eigenvalue weighted by Gasteiger charge is -2.41. The molecule has 0 saturated carbocycles. The van der Waals surface area contributed by atoms with E-state index in [4.69, 9.17) is 0 Å². The standard InChI is InChI=1S/C11H14F3NO2/c1-6-5-10(17,11(12,13)14)15-7-3-2-4-8(16)9(6)7/h6,15,17H,2-5H2,1H3/t6-,10?/m1/s1. The molecule has 2 aliphatic rings. The normalized spacial score (nSPS) is 34.4. The zero-order valence-corrected chi connectivity index (χ0v) is 9.40. The molecule has 1 aliphatic heterocycles. The monoisotopic (exact) mass is 249 g/mol. The van der Waals surface area contributed by atoms with Gasteiger partial charge in [0.05, 0.1) is 0 Å². The van der Waals surface area contributed by atoms with E-state index in [2.05, 4.69) is 5.32 Å². The van der Waals surface area contributed by atoms with Crippen LogP contribution in [0.15, 0.2) is 11.3 Å². The minimum Gasteiger partial charge on any atom is -0.364 e. The van der Waals surface area contributed by atoms with Crippen LogP contribution in [-0.4, -0.2) is 22.8 Å². The van der Waals surface area contributed by atoms with Gasteiger partial charge >= 0.3 is 6.18 Å². The number of carbonyl (C=O) groups is 1. The lowest BCUT2D eigenvalue weighted by molar-refractivity contribution is -0.277. The zero-order valence-electron chi connectivity index (χ0n) is 9.40. The summed E-state index contributed by atoms with van der Waals surface area (Å²) < 4.78 is 38.2. The Balaban J connectivity index is 2.37. The molecule has 0 amide bonds. The maximum Gasteiger partial charge on any atom is 0.436 e. The predicted octanol–water partition coefficient (Wildman–Crippen LogP) is 1.87. The van der Waals surface area contributed by atoms with Gasteiger partial charge in [-0.2, -0.15) is 13.2 Å². The summed E-state index contributed by atoms with van der Waals surface area (Å²) in [7, 11) is 0. The highest BCUT2D eigenvalue weighted by Crippen LogP contribution is 2.42. The smallest absolute Gasteiger partial charge is 0.364 e. The van der Waals surface area contributed by atoms with Crippen molar-refractivity contribution in [3.8, 4) is 0 Å². The van der Waals surface area contributed by atoms with Gasteiger partial charge in [0, 0.05) is 24.1 Å². The maximum absolute atomic E-state index is 12.7. The molecule has 0 radical (unpaired) electrons. The van der Waals surface area contributed by atoms with Crippen LogP contribution in [0.4, 0.5) is 13.2 Å². The van der Waals surface area contributed by atoms with Crippen molar-refractivity contribution in [1.29, 1.82) is 0 Å². The number of rotatable bonds is 0. The number of hydrogen-bond acceptors (Lipinski definition) is 3. The third-order valence-corrected chi connectivity index (χ3v) is 3.38. The number of ketones is 1. The molecule has 0 aromatic heterocycles. The van der Waals surface area contributed by atoms with Gasteiger partial charge in [-0.15, -0.1) is 0 Å². The Morgan fingerprint density at radius 1 is 1.41 bits per heavy atom. The molecule has 1 heterocycles. The molecular formula is C11H14F3NO2. The van der Waals surface area contributed by atoms with Crippen molar-refractivity contribution in [3.63, 3.8) is 0 Å². The van der Waals surface area contributed by atoms with Gasteiger partial charge in [0.1, 0.15) is 0 Å². The van der Waals surface area contributed by atoms with Gasteiger partial charge in [-0.1, -0.05) is 6.92 Å². The van der Waals surface area contributed by atoms with Crippen LogP contribution in [-0.2, 0) is 4.79 Å². The van der Waals surface area contributed by atoms with Crippen molar-refractivity contribution in [2.45, 2.75) is 44.5 Å². The van der Waals surface area contributed by atoms with E-state index in [-0.39, 0.29) is 11.5 Å². The summed E-state index contributed by atoms with van der Waals surface area (Å²) in [5.74, 6) is -0.666. The van der Waals surface area contributed by atoms with E-state index < -0.39 is 24.2 Å². The van der Waals surface area contributed by atoms with E-state index >= 15 is 0 Å². The SMILES string of the molecule is C[C@@H]1CC(O)(C(F)(F)F)NC2=C1C(=O)CCC2. The van der Waals surface area contributed by atoms with Crippen LogP contribution in [0.3, 0.4) is 0 Å². The molecule has 2 atom stereocenters. The third kappa shape index (κ3) is 1.94. The molecule has 96 valence electrons. The second-order valence-corrected chi connectivity index (χ2v) is 4.76. The number of Topliss-reactive ketones (excluding diaryl/α,β-unsaturated/α-hetero) is 1. The quantitative estimate of drug-likeness (QED) is 0.689. The summed E-state index contributed by atoms with van der Waals surface area (Å²) in [4.78, 5) is 11.6. The summed E-state index contributed by atoms with van der Waals surface area (Å²) in [6.07, 6.45) is -3.94. The van der Waals surface area contributed by atoms with E-state index in [0.29, 0.717) is 24.8 Å². The predicted molar refractivity (Wildman–Crippen MR) is 53.8 cm³/mol. The lowest BCUT2D eigenvalue weighted by atomic mass is 9.79. The van der Waals surface area contributed by atoms with E-state index in [1.165, 1.54) is 0 Å². The number of nitrogens with one attached hydrogen (secondary N) is 1. The first-order valence-electron chi connectivity index (χ1n) is 5.58. The topological polar surface area (TPSA) is 49.3 Å². The summed E-state index contributed by atoms with van der Waals surface area (Å²) >= 11 is 0. The van der Waals surface area contributed by atoms with Gasteiger partial charge < -0.3 is 10.4 Å². The average Bonchev–Trinajstić information content (AvgIpc) is 2.14. The molecule has 17 heavy (non-hydrogen) atoms. The van der Waals surface area contributed by atoms with Crippen molar-refractivity contribution in [2.24, 2.45) is 5.92 Å². The van der Waals surface area contributed by atoms with Crippen LogP contribution in [0.5, 0.6) is 0 Å². The second kappa shape index (κ2) is 3.73. The van der Waals surface area contributed by atoms with Crippen molar-refractivity contribution in [3.05, 3.63) is 11.3 Å². The van der Waals surface area contributed by atoms with Crippen molar-refractivity contribution in [1.82, 2.24) is 5.32 Å². The van der Waals surface area contributed by atoms with Crippen LogP contribution in [0.1, 0.15) is 32.6 Å². The van der Waals surface area contributed by atoms with E-state index in [0.717, 1.165) is 0 Å². The van der Waals surface area contributed by atoms with E-state index in [9.17, 15) is 23.1 Å². The van der Waals surface area contributed by atoms with E-state index in [1.54, 1.807) is 6.92 Å². The number of alkyl halides is 3. The number of hydrogen-bond donors (Lipinski definition) is 2. The van der Waals surface area contributed by atoms with Gasteiger partial charge in [0.2, 0.25) is 5.72 Å². The number of allylic oxidation sites excluding steroid dienone is 2. The fourth-order valence-corrected chi connectivity index (χ4v) is 2.60. The lowest BCUT2D eigenvalue weighted by Crippen LogP contribution is -2.60. The van der Waals surface area contributed by atoms with Crippen LogP contribution in [0.2, 0.25) is 0 Å². The van der Waals surface area contributed by atoms with Gasteiger partial charge in [0.25, 0.3) is 0 Å². The largest absolute Gasteiger partial charge is 0.436 e. The highest BCUT2D eigenvalue weighted by molar-refractivity contribution is 5.97. The molecule has 0 aromatic carbocycles. The molecular weight excluding hydrogens is 235 g/mol. The van der Waals surface area contributed by atoms with Gasteiger partial charge in [0.15, 0.2) is 5.78 Å². The fraction of sp³-hybridized carbons (Fsp3) is 0.727. The number of carbonyl (C=O) groups excluding carboxylic acids is 1. The summed E-state index contributed by atoms with van der Waals surface area (Å²) in [5.41, 5.74) is -2.20. The van der Waals surface area contributed by atoms with Crippen molar-refractivity contribution >= 4 is 5.78 Å². The van der Waals surface area contributed by atoms with Crippen LogP contribution in [0, 0.1) is 5.92 Å². The highest BCUT2D eigenvalue weighted by Gasteiger charge is 2.57. The first-order chi connectivity index (χ1) is 7.74. The molecule has 0 spiro atoms. The van der Waals surface area contributed by atoms with Crippen LogP contribution in [0.25, 0.3) is 0 Å². The highest BCUT2D eigenvalue weighted by atomic mass is 19.4. The zero-order chi connectivity index (χ0) is 12.8. The summed E-state index contributed by atoms with van der Waals surface area (Å²) in [5, 5.41) is 11.7. The van der Waals surface area contributed by atoms with Crippen LogP contribution >= 0.6 is 0 Å². The molecule has 6 heteroatoms. The van der Waals surface area contributed by atoms with Gasteiger partial charge in [-0.05, 0) is 18.8 Å². The Bertz CT molecular complexity index is 389. The van der Waals surface area contributed by atoms with Crippen LogP contribution < -0.4 is 5.32 Å². The number of halogens is 3. The minimum atomic E-state index is -4.74. The molecule has 2 N–H and O–H groups in total. The average molecular weight is 249 g/mol. The molecule has 0 saturated heterocycles. The van der Waals surface area contributed by atoms with Crippen molar-refractivity contribution in [2.75, 3.05) is 0 Å². The Morgan fingerprint density at radius 3 is 2.65 bits per heavy atom. The molecule has 2 rings (SSSR count). The first-order valence-corrected chi connectivity index (χ1v) is 5.58. The molecule has 3 nitrogen and oxygen atoms in total. The second-order valence-electron chi connectivity index (χ2n) is 4.76. The van der Waals surface area contributed by atoms with Gasteiger partial charge in [-0.25, -0.2) is 0 Å². The molecule has 0 aromatic rings. The number of aliphatic hydroxyl groups is 1. The maximum atomic E-state index is 12.7. The summed E-state index contributed by atoms with van der Waals surface area (Å²) in [6.45, 7) is 1.55. The van der Waals surface area contributed by atoms with Crippen molar-refractivity contribution < 1.29 is 23.1 Å². The fourth-order valence-electron chi connectivity index (χ4n) is 2.60. The molecule has 0 fully saturated rings. The van der Waals surface area contributed by atoms with Gasteiger partial charge in [-0.3, -0.25) is 4.79 Å². The molecule has 1 aliphatic carbocycles. The molecule has 0 bridgehead atoms. The summed E-state index contributed by atoms with van der Waals surface area (Å²) in [6, 6.07) is 0. The third-order valence-electron chi connectivity index (χ3n) is 3.38. The minimum absolute atomic E-state index is 0.101. The first kappa shape index (κ1) is 12.4. The Labute approximate surface area is 96.7 Å². The Hall–Kier alpha value is -1.04.